The number of carbonyl (C=O) groups excluding carboxylic acids is 1. The second-order valence-corrected chi connectivity index (χ2v) is 7.03. The monoisotopic (exact) mass is 430 g/mol. The number of nitrogens with one attached hydrogen (secondary N) is 1. The smallest absolute Gasteiger partial charge is 0.277 e. The second kappa shape index (κ2) is 8.06. The average molecular weight is 431 g/mol. The van der Waals surface area contributed by atoms with Crippen molar-refractivity contribution in [3.8, 4) is 11.3 Å². The van der Waals surface area contributed by atoms with Gasteiger partial charge >= 0.3 is 0 Å². The van der Waals surface area contributed by atoms with Gasteiger partial charge in [0.1, 0.15) is 5.82 Å². The van der Waals surface area contributed by atoms with Crippen molar-refractivity contribution < 1.29 is 13.7 Å². The van der Waals surface area contributed by atoms with Crippen molar-refractivity contribution in [3.05, 3.63) is 88.0 Å². The van der Waals surface area contributed by atoms with E-state index in [1.807, 2.05) is 0 Å². The molecule has 0 aliphatic carbocycles. The van der Waals surface area contributed by atoms with Crippen LogP contribution < -0.4 is 5.32 Å². The first-order chi connectivity index (χ1) is 14.0. The predicted octanol–water partition coefficient (Wildman–Crippen LogP) is 5.28. The molecule has 1 N–H and O–H groups in total. The van der Waals surface area contributed by atoms with Crippen LogP contribution in [0.2, 0.25) is 10.0 Å². The highest BCUT2D eigenvalue weighted by atomic mass is 35.5. The van der Waals surface area contributed by atoms with Crippen LogP contribution in [0, 0.1) is 5.82 Å². The Balaban J connectivity index is 1.43. The molecule has 0 saturated carbocycles. The third-order valence-electron chi connectivity index (χ3n) is 4.10. The normalized spacial score (nSPS) is 10.9. The Kier molecular flexibility index (Phi) is 5.33. The Bertz CT molecular complexity index is 1170. The minimum atomic E-state index is -0.443. The predicted molar refractivity (Wildman–Crippen MR) is 108 cm³/mol. The van der Waals surface area contributed by atoms with Crippen molar-refractivity contribution in [1.29, 1.82) is 0 Å². The fourth-order valence-corrected chi connectivity index (χ4v) is 2.95. The first-order valence-electron chi connectivity index (χ1n) is 8.48. The van der Waals surface area contributed by atoms with Gasteiger partial charge in [-0.15, -0.1) is 0 Å². The Labute approximate surface area is 174 Å². The van der Waals surface area contributed by atoms with Crippen LogP contribution in [0.25, 0.3) is 11.3 Å². The van der Waals surface area contributed by atoms with Gasteiger partial charge in [-0.05, 0) is 35.9 Å². The lowest BCUT2D eigenvalue weighted by atomic mass is 10.1. The lowest BCUT2D eigenvalue weighted by Crippen LogP contribution is -2.11. The van der Waals surface area contributed by atoms with Crippen LogP contribution >= 0.6 is 23.2 Å². The highest BCUT2D eigenvalue weighted by molar-refractivity contribution is 6.42. The van der Waals surface area contributed by atoms with E-state index >= 15 is 0 Å². The number of hydrogen-bond acceptors (Lipinski definition) is 4. The molecule has 4 rings (SSSR count). The zero-order chi connectivity index (χ0) is 20.4. The molecule has 2 aromatic heterocycles. The summed E-state index contributed by atoms with van der Waals surface area (Å²) in [6.45, 7) is 0.446. The molecule has 1 amide bonds. The van der Waals surface area contributed by atoms with E-state index in [1.165, 1.54) is 24.4 Å². The molecular weight excluding hydrogens is 418 g/mol. The van der Waals surface area contributed by atoms with Crippen LogP contribution in [0.3, 0.4) is 0 Å². The molecule has 0 unspecified atom stereocenters. The number of amides is 1. The van der Waals surface area contributed by atoms with Crippen molar-refractivity contribution in [2.24, 2.45) is 0 Å². The SMILES string of the molecule is O=C(Nc1cnn(Cc2ccc(F)cc2)c1)c1cc(-c2ccc(Cl)c(Cl)c2)on1. The quantitative estimate of drug-likeness (QED) is 0.467. The Morgan fingerprint density at radius 3 is 2.66 bits per heavy atom. The molecular formula is C20H13Cl2FN4O2. The van der Waals surface area contributed by atoms with Crippen molar-refractivity contribution >= 4 is 34.8 Å². The summed E-state index contributed by atoms with van der Waals surface area (Å²) >= 11 is 11.9. The molecule has 0 aliphatic rings. The van der Waals surface area contributed by atoms with Crippen molar-refractivity contribution in [2.45, 2.75) is 6.54 Å². The molecule has 0 aliphatic heterocycles. The van der Waals surface area contributed by atoms with Crippen LogP contribution in [0.1, 0.15) is 16.1 Å². The van der Waals surface area contributed by atoms with Crippen molar-refractivity contribution in [3.63, 3.8) is 0 Å². The minimum absolute atomic E-state index is 0.109. The summed E-state index contributed by atoms with van der Waals surface area (Å²) in [5.41, 5.74) is 2.14. The molecule has 0 saturated heterocycles. The largest absolute Gasteiger partial charge is 0.355 e. The Hall–Kier alpha value is -3.16. The zero-order valence-electron chi connectivity index (χ0n) is 14.8. The summed E-state index contributed by atoms with van der Waals surface area (Å²) in [5, 5.41) is 11.5. The van der Waals surface area contributed by atoms with Crippen molar-refractivity contribution in [2.75, 3.05) is 5.32 Å². The number of rotatable bonds is 5. The maximum absolute atomic E-state index is 13.0. The summed E-state index contributed by atoms with van der Waals surface area (Å²) in [6.07, 6.45) is 3.18. The lowest BCUT2D eigenvalue weighted by molar-refractivity contribution is 0.101. The molecule has 0 atom stereocenters. The Morgan fingerprint density at radius 2 is 1.90 bits per heavy atom. The number of aromatic nitrogens is 3. The van der Waals surface area contributed by atoms with Gasteiger partial charge in [-0.1, -0.05) is 40.5 Å². The van der Waals surface area contributed by atoms with E-state index in [9.17, 15) is 9.18 Å². The van der Waals surface area contributed by atoms with E-state index in [0.29, 0.717) is 33.6 Å². The van der Waals surface area contributed by atoms with Crippen LogP contribution in [-0.2, 0) is 6.54 Å². The lowest BCUT2D eigenvalue weighted by Gasteiger charge is -2.01. The molecule has 9 heteroatoms. The number of nitrogens with zero attached hydrogens (tertiary/aromatic N) is 3. The van der Waals surface area contributed by atoms with Crippen molar-refractivity contribution in [1.82, 2.24) is 14.9 Å². The standard InChI is InChI=1S/C20H13Cl2FN4O2/c21-16-6-3-13(7-17(16)22)19-8-18(26-29-19)20(28)25-15-9-24-27(11-15)10-12-1-4-14(23)5-2-12/h1-9,11H,10H2,(H,25,28). The van der Waals surface area contributed by atoms with E-state index in [0.717, 1.165) is 5.56 Å². The van der Waals surface area contributed by atoms with Gasteiger partial charge in [-0.3, -0.25) is 9.48 Å². The van der Waals surface area contributed by atoms with Gasteiger partial charge in [-0.25, -0.2) is 4.39 Å². The summed E-state index contributed by atoms with van der Waals surface area (Å²) in [5.74, 6) is -0.350. The maximum Gasteiger partial charge on any atom is 0.277 e. The fourth-order valence-electron chi connectivity index (χ4n) is 2.65. The molecule has 146 valence electrons. The molecule has 0 spiro atoms. The molecule has 0 fully saturated rings. The summed E-state index contributed by atoms with van der Waals surface area (Å²) in [4.78, 5) is 12.4. The number of halogens is 3. The van der Waals surface area contributed by atoms with E-state index in [2.05, 4.69) is 15.6 Å². The molecule has 2 heterocycles. The third-order valence-corrected chi connectivity index (χ3v) is 4.83. The van der Waals surface area contributed by atoms with Gasteiger partial charge in [0.15, 0.2) is 11.5 Å². The number of benzene rings is 2. The molecule has 2 aromatic carbocycles. The number of hydrogen-bond donors (Lipinski definition) is 1. The summed E-state index contributed by atoms with van der Waals surface area (Å²) < 4.78 is 19.9. The highest BCUT2D eigenvalue weighted by Gasteiger charge is 2.15. The average Bonchev–Trinajstić information content (AvgIpc) is 3.36. The molecule has 29 heavy (non-hydrogen) atoms. The van der Waals surface area contributed by atoms with E-state index < -0.39 is 5.91 Å². The van der Waals surface area contributed by atoms with Gasteiger partial charge < -0.3 is 9.84 Å². The maximum atomic E-state index is 13.0. The van der Waals surface area contributed by atoms with Crippen LogP contribution in [-0.4, -0.2) is 20.8 Å². The summed E-state index contributed by atoms with van der Waals surface area (Å²) in [6, 6.07) is 12.6. The van der Waals surface area contributed by atoms with Gasteiger partial charge in [0.25, 0.3) is 5.91 Å². The van der Waals surface area contributed by atoms with Gasteiger partial charge in [0.05, 0.1) is 28.5 Å². The molecule has 6 nitrogen and oxygen atoms in total. The number of anilines is 1. The van der Waals surface area contributed by atoms with Crippen LogP contribution in [0.4, 0.5) is 10.1 Å². The van der Waals surface area contributed by atoms with Gasteiger partial charge in [0, 0.05) is 17.8 Å². The second-order valence-electron chi connectivity index (χ2n) is 6.21. The van der Waals surface area contributed by atoms with Gasteiger partial charge in [0.2, 0.25) is 0 Å². The van der Waals surface area contributed by atoms with Crippen LogP contribution in [0.15, 0.2) is 65.4 Å². The summed E-state index contributed by atoms with van der Waals surface area (Å²) in [7, 11) is 0. The van der Waals surface area contributed by atoms with Gasteiger partial charge in [-0.2, -0.15) is 5.10 Å². The first-order valence-corrected chi connectivity index (χ1v) is 9.24. The fraction of sp³-hybridized carbons (Fsp3) is 0.0500. The van der Waals surface area contributed by atoms with E-state index in [1.54, 1.807) is 41.2 Å². The zero-order valence-corrected chi connectivity index (χ0v) is 16.3. The molecule has 0 bridgehead atoms. The third kappa shape index (κ3) is 4.47. The minimum Gasteiger partial charge on any atom is -0.355 e. The topological polar surface area (TPSA) is 73.0 Å². The van der Waals surface area contributed by atoms with E-state index in [4.69, 9.17) is 27.7 Å². The molecule has 4 aromatic rings. The molecule has 0 radical (unpaired) electrons. The highest BCUT2D eigenvalue weighted by Crippen LogP contribution is 2.29. The van der Waals surface area contributed by atoms with Crippen LogP contribution in [0.5, 0.6) is 0 Å². The number of carbonyl (C=O) groups is 1. The first kappa shape index (κ1) is 19.2. The Morgan fingerprint density at radius 1 is 1.10 bits per heavy atom. The van der Waals surface area contributed by atoms with E-state index in [-0.39, 0.29) is 11.5 Å².